The lowest BCUT2D eigenvalue weighted by atomic mass is 10.0. The second kappa shape index (κ2) is 6.75. The van der Waals surface area contributed by atoms with E-state index in [4.69, 9.17) is 4.74 Å². The Bertz CT molecular complexity index is 484. The molecule has 0 aromatic carbocycles. The molecule has 0 spiro atoms. The fourth-order valence-electron chi connectivity index (χ4n) is 3.49. The molecule has 2 aliphatic heterocycles. The minimum Gasteiger partial charge on any atom is -0.381 e. The predicted molar refractivity (Wildman–Crippen MR) is 83.2 cm³/mol. The van der Waals surface area contributed by atoms with Gasteiger partial charge >= 0.3 is 0 Å². The Hall–Kier alpha value is -1.46. The molecule has 0 atom stereocenters. The Balaban J connectivity index is 1.48. The van der Waals surface area contributed by atoms with Crippen LogP contribution in [-0.2, 0) is 14.3 Å². The third kappa shape index (κ3) is 3.01. The number of amides is 2. The monoisotopic (exact) mass is 304 g/mol. The van der Waals surface area contributed by atoms with Crippen molar-refractivity contribution in [2.24, 2.45) is 0 Å². The number of nitrogens with zero attached hydrogens (tertiary/aromatic N) is 2. The molecule has 5 heteroatoms. The summed E-state index contributed by atoms with van der Waals surface area (Å²) in [6.07, 6.45) is 8.90. The molecule has 5 nitrogen and oxygen atoms in total. The van der Waals surface area contributed by atoms with Gasteiger partial charge in [-0.2, -0.15) is 0 Å². The zero-order valence-electron chi connectivity index (χ0n) is 13.2. The van der Waals surface area contributed by atoms with Crippen LogP contribution in [0.1, 0.15) is 32.1 Å². The number of carbonyl (C=O) groups is 2. The molecule has 120 valence electrons. The number of likely N-dealkylation sites (tertiary alicyclic amines) is 2. The summed E-state index contributed by atoms with van der Waals surface area (Å²) in [6.45, 7) is 3.54. The summed E-state index contributed by atoms with van der Waals surface area (Å²) >= 11 is 0. The molecule has 22 heavy (non-hydrogen) atoms. The molecule has 1 aliphatic carbocycles. The lowest BCUT2D eigenvalue weighted by molar-refractivity contribution is -0.136. The first-order chi connectivity index (χ1) is 10.7. The van der Waals surface area contributed by atoms with Gasteiger partial charge in [0, 0.05) is 37.9 Å². The van der Waals surface area contributed by atoms with Crippen LogP contribution in [-0.4, -0.2) is 61.0 Å². The van der Waals surface area contributed by atoms with Crippen LogP contribution in [0.5, 0.6) is 0 Å². The van der Waals surface area contributed by atoms with Gasteiger partial charge in [-0.3, -0.25) is 14.5 Å². The summed E-state index contributed by atoms with van der Waals surface area (Å²) in [5.41, 5.74) is 1.24. The minimum atomic E-state index is -0.103. The van der Waals surface area contributed by atoms with Gasteiger partial charge in [0.25, 0.3) is 11.8 Å². The highest BCUT2D eigenvalue weighted by Crippen LogP contribution is 2.29. The standard InChI is InChI=1S/C17H24N2O3/c1-22-13-7-11-18(12-8-13)9-4-10-19-16(20)14-5-2-3-6-15(14)17(19)21/h5-6,13H,2-4,7-12H2,1H3. The first-order valence-electron chi connectivity index (χ1n) is 8.22. The zero-order valence-corrected chi connectivity index (χ0v) is 13.2. The summed E-state index contributed by atoms with van der Waals surface area (Å²) in [5, 5.41) is 0. The number of rotatable bonds is 5. The molecular weight excluding hydrogens is 280 g/mol. The quantitative estimate of drug-likeness (QED) is 0.722. The Morgan fingerprint density at radius 3 is 2.18 bits per heavy atom. The van der Waals surface area contributed by atoms with Crippen LogP contribution in [0.3, 0.4) is 0 Å². The predicted octanol–water partition coefficient (Wildman–Crippen LogP) is 1.50. The fraction of sp³-hybridized carbons (Fsp3) is 0.647. The van der Waals surface area contributed by atoms with Crippen molar-refractivity contribution in [2.75, 3.05) is 33.3 Å². The number of allylic oxidation sites excluding steroid dienone is 2. The smallest absolute Gasteiger partial charge is 0.261 e. The molecule has 0 aromatic heterocycles. The maximum Gasteiger partial charge on any atom is 0.261 e. The summed E-state index contributed by atoms with van der Waals surface area (Å²) in [6, 6.07) is 0. The molecular formula is C17H24N2O3. The second-order valence-corrected chi connectivity index (χ2v) is 6.21. The number of ether oxygens (including phenoxy) is 1. The summed E-state index contributed by atoms with van der Waals surface area (Å²) < 4.78 is 5.37. The van der Waals surface area contributed by atoms with Crippen LogP contribution in [0.2, 0.25) is 0 Å². The second-order valence-electron chi connectivity index (χ2n) is 6.21. The average Bonchev–Trinajstić information content (AvgIpc) is 2.81. The lowest BCUT2D eigenvalue weighted by Crippen LogP contribution is -2.39. The topological polar surface area (TPSA) is 49.9 Å². The van der Waals surface area contributed by atoms with Gasteiger partial charge in [0.2, 0.25) is 0 Å². The lowest BCUT2D eigenvalue weighted by Gasteiger charge is -2.31. The third-order valence-electron chi connectivity index (χ3n) is 4.83. The van der Waals surface area contributed by atoms with E-state index in [9.17, 15) is 9.59 Å². The van der Waals surface area contributed by atoms with Crippen LogP contribution >= 0.6 is 0 Å². The summed E-state index contributed by atoms with van der Waals surface area (Å²) in [4.78, 5) is 28.4. The number of hydrogen-bond donors (Lipinski definition) is 0. The zero-order chi connectivity index (χ0) is 15.5. The highest BCUT2D eigenvalue weighted by molar-refractivity contribution is 6.24. The Labute approximate surface area is 131 Å². The first-order valence-corrected chi connectivity index (χ1v) is 8.22. The van der Waals surface area contributed by atoms with E-state index in [-0.39, 0.29) is 11.8 Å². The molecule has 0 aromatic rings. The number of imide groups is 1. The number of carbonyl (C=O) groups excluding carboxylic acids is 2. The van der Waals surface area contributed by atoms with E-state index in [0.29, 0.717) is 23.8 Å². The van der Waals surface area contributed by atoms with Crippen LogP contribution in [0.4, 0.5) is 0 Å². The maximum absolute atomic E-state index is 12.3. The number of fused-ring (bicyclic) bond motifs is 1. The Morgan fingerprint density at radius 2 is 1.64 bits per heavy atom. The van der Waals surface area contributed by atoms with Gasteiger partial charge < -0.3 is 9.64 Å². The molecule has 2 fully saturated rings. The van der Waals surface area contributed by atoms with Crippen LogP contribution < -0.4 is 0 Å². The molecule has 2 saturated heterocycles. The number of methoxy groups -OCH3 is 1. The molecule has 2 heterocycles. The van der Waals surface area contributed by atoms with Crippen LogP contribution in [0.15, 0.2) is 23.3 Å². The van der Waals surface area contributed by atoms with E-state index in [0.717, 1.165) is 51.7 Å². The van der Waals surface area contributed by atoms with Crippen molar-refractivity contribution in [3.05, 3.63) is 23.3 Å². The molecule has 0 bridgehead atoms. The maximum atomic E-state index is 12.3. The molecule has 0 radical (unpaired) electrons. The first kappa shape index (κ1) is 15.4. The number of hydrogen-bond acceptors (Lipinski definition) is 4. The van der Waals surface area contributed by atoms with Gasteiger partial charge in [0.05, 0.1) is 6.10 Å². The highest BCUT2D eigenvalue weighted by Gasteiger charge is 2.38. The van der Waals surface area contributed by atoms with Crippen molar-refractivity contribution in [2.45, 2.75) is 38.2 Å². The van der Waals surface area contributed by atoms with Crippen LogP contribution in [0, 0.1) is 0 Å². The van der Waals surface area contributed by atoms with Gasteiger partial charge in [0.1, 0.15) is 0 Å². The normalized spacial score (nSPS) is 23.6. The minimum absolute atomic E-state index is 0.103. The van der Waals surface area contributed by atoms with Gasteiger partial charge in [-0.1, -0.05) is 12.2 Å². The van der Waals surface area contributed by atoms with Crippen LogP contribution in [0.25, 0.3) is 0 Å². The van der Waals surface area contributed by atoms with Crippen molar-refractivity contribution < 1.29 is 14.3 Å². The largest absolute Gasteiger partial charge is 0.381 e. The van der Waals surface area contributed by atoms with E-state index in [1.54, 1.807) is 7.11 Å². The SMILES string of the molecule is COC1CCN(CCCN2C(=O)C3=CCCC=C3C2=O)CC1. The molecule has 0 N–H and O–H groups in total. The fourth-order valence-corrected chi connectivity index (χ4v) is 3.49. The third-order valence-corrected chi connectivity index (χ3v) is 4.83. The molecule has 0 saturated carbocycles. The number of piperidine rings is 1. The Kier molecular flexibility index (Phi) is 4.74. The van der Waals surface area contributed by atoms with E-state index >= 15 is 0 Å². The van der Waals surface area contributed by atoms with E-state index in [1.807, 2.05) is 12.2 Å². The molecule has 0 unspecified atom stereocenters. The van der Waals surface area contributed by atoms with Crippen molar-refractivity contribution in [3.8, 4) is 0 Å². The highest BCUT2D eigenvalue weighted by atomic mass is 16.5. The average molecular weight is 304 g/mol. The molecule has 3 rings (SSSR count). The van der Waals surface area contributed by atoms with E-state index < -0.39 is 0 Å². The van der Waals surface area contributed by atoms with E-state index in [1.165, 1.54) is 4.90 Å². The van der Waals surface area contributed by atoms with E-state index in [2.05, 4.69) is 4.90 Å². The molecule has 2 amide bonds. The summed E-state index contributed by atoms with van der Waals surface area (Å²) in [5.74, 6) is -0.205. The molecule has 3 aliphatic rings. The van der Waals surface area contributed by atoms with Gasteiger partial charge in [-0.15, -0.1) is 0 Å². The van der Waals surface area contributed by atoms with Crippen molar-refractivity contribution in [1.29, 1.82) is 0 Å². The Morgan fingerprint density at radius 1 is 1.05 bits per heavy atom. The van der Waals surface area contributed by atoms with Gasteiger partial charge in [-0.05, 0) is 38.6 Å². The van der Waals surface area contributed by atoms with Crippen molar-refractivity contribution >= 4 is 11.8 Å². The van der Waals surface area contributed by atoms with Gasteiger partial charge in [-0.25, -0.2) is 0 Å². The van der Waals surface area contributed by atoms with Crippen molar-refractivity contribution in [3.63, 3.8) is 0 Å². The van der Waals surface area contributed by atoms with Crippen molar-refractivity contribution in [1.82, 2.24) is 9.80 Å². The summed E-state index contributed by atoms with van der Waals surface area (Å²) in [7, 11) is 1.77. The van der Waals surface area contributed by atoms with Gasteiger partial charge in [0.15, 0.2) is 0 Å².